The fourth-order valence-electron chi connectivity index (χ4n) is 2.02. The first-order valence-corrected chi connectivity index (χ1v) is 10.1. The van der Waals surface area contributed by atoms with Crippen molar-refractivity contribution < 1.29 is 9.18 Å². The van der Waals surface area contributed by atoms with Crippen LogP contribution in [0.15, 0.2) is 46.8 Å². The van der Waals surface area contributed by atoms with Gasteiger partial charge in [-0.15, -0.1) is 10.2 Å². The lowest BCUT2D eigenvalue weighted by Crippen LogP contribution is -2.22. The van der Waals surface area contributed by atoms with Crippen LogP contribution in [0, 0.1) is 5.82 Å². The SMILES string of the molecule is CC(Sc1nnc(Nc2ccccc2F)s1)C(=O)Nc1ccc(Cl)cc1Cl. The summed E-state index contributed by atoms with van der Waals surface area (Å²) in [6, 6.07) is 11.1. The third-order valence-electron chi connectivity index (χ3n) is 3.36. The standard InChI is InChI=1S/C17H13Cl2FN4OS2/c1-9(15(25)21-13-7-6-10(18)8-11(13)19)26-17-24-23-16(27-17)22-14-5-3-2-4-12(14)20/h2-9H,1H3,(H,21,25)(H,22,23). The van der Waals surface area contributed by atoms with Crippen LogP contribution in [0.3, 0.4) is 0 Å². The van der Waals surface area contributed by atoms with Crippen molar-refractivity contribution in [1.82, 2.24) is 10.2 Å². The number of hydrogen-bond donors (Lipinski definition) is 2. The van der Waals surface area contributed by atoms with Gasteiger partial charge >= 0.3 is 0 Å². The molecule has 0 spiro atoms. The van der Waals surface area contributed by atoms with Crippen molar-refractivity contribution in [3.8, 4) is 0 Å². The van der Waals surface area contributed by atoms with Gasteiger partial charge in [-0.2, -0.15) is 0 Å². The number of para-hydroxylation sites is 1. The smallest absolute Gasteiger partial charge is 0.237 e. The Morgan fingerprint density at radius 3 is 2.70 bits per heavy atom. The minimum absolute atomic E-state index is 0.233. The number of nitrogens with one attached hydrogen (secondary N) is 2. The summed E-state index contributed by atoms with van der Waals surface area (Å²) in [6.45, 7) is 1.75. The van der Waals surface area contributed by atoms with Crippen molar-refractivity contribution in [2.75, 3.05) is 10.6 Å². The molecule has 0 saturated carbocycles. The molecule has 0 fully saturated rings. The minimum Gasteiger partial charge on any atom is -0.328 e. The first-order valence-electron chi connectivity index (χ1n) is 7.70. The molecule has 1 aromatic heterocycles. The third-order valence-corrected chi connectivity index (χ3v) is 5.93. The first kappa shape index (κ1) is 19.9. The third kappa shape index (κ3) is 5.32. The van der Waals surface area contributed by atoms with Crippen molar-refractivity contribution in [3.05, 3.63) is 58.3 Å². The number of carbonyl (C=O) groups excluding carboxylic acids is 1. The van der Waals surface area contributed by atoms with Gasteiger partial charge in [0.2, 0.25) is 11.0 Å². The molecule has 1 heterocycles. The van der Waals surface area contributed by atoms with Crippen LogP contribution < -0.4 is 10.6 Å². The van der Waals surface area contributed by atoms with Gasteiger partial charge in [0.15, 0.2) is 4.34 Å². The van der Waals surface area contributed by atoms with E-state index >= 15 is 0 Å². The summed E-state index contributed by atoms with van der Waals surface area (Å²) in [7, 11) is 0. The molecule has 3 rings (SSSR count). The van der Waals surface area contributed by atoms with Crippen LogP contribution in [-0.2, 0) is 4.79 Å². The molecule has 5 nitrogen and oxygen atoms in total. The number of nitrogens with zero attached hydrogens (tertiary/aromatic N) is 2. The zero-order valence-electron chi connectivity index (χ0n) is 13.9. The molecule has 1 atom stereocenters. The topological polar surface area (TPSA) is 66.9 Å². The molecule has 0 radical (unpaired) electrons. The number of halogens is 3. The average molecular weight is 443 g/mol. The van der Waals surface area contributed by atoms with Gasteiger partial charge in [0.05, 0.1) is 21.6 Å². The number of aromatic nitrogens is 2. The predicted molar refractivity (Wildman–Crippen MR) is 110 cm³/mol. The monoisotopic (exact) mass is 442 g/mol. The summed E-state index contributed by atoms with van der Waals surface area (Å²) < 4.78 is 14.3. The van der Waals surface area contributed by atoms with E-state index in [1.807, 2.05) is 0 Å². The molecule has 0 aliphatic heterocycles. The lowest BCUT2D eigenvalue weighted by Gasteiger charge is -2.11. The van der Waals surface area contributed by atoms with Crippen LogP contribution in [-0.4, -0.2) is 21.4 Å². The molecule has 2 N–H and O–H groups in total. The lowest BCUT2D eigenvalue weighted by atomic mass is 10.3. The van der Waals surface area contributed by atoms with Crippen molar-refractivity contribution in [1.29, 1.82) is 0 Å². The number of amides is 1. The summed E-state index contributed by atoms with van der Waals surface area (Å²) in [5.41, 5.74) is 0.797. The lowest BCUT2D eigenvalue weighted by molar-refractivity contribution is -0.115. The Hall–Kier alpha value is -1.87. The molecule has 2 aromatic carbocycles. The van der Waals surface area contributed by atoms with Crippen LogP contribution >= 0.6 is 46.3 Å². The highest BCUT2D eigenvalue weighted by Crippen LogP contribution is 2.32. The van der Waals surface area contributed by atoms with Crippen molar-refractivity contribution in [2.24, 2.45) is 0 Å². The second kappa shape index (κ2) is 8.88. The van der Waals surface area contributed by atoms with E-state index in [1.54, 1.807) is 43.3 Å². The molecule has 1 amide bonds. The zero-order chi connectivity index (χ0) is 19.4. The molecule has 27 heavy (non-hydrogen) atoms. The highest BCUT2D eigenvalue weighted by atomic mass is 35.5. The van der Waals surface area contributed by atoms with E-state index in [0.717, 1.165) is 0 Å². The van der Waals surface area contributed by atoms with E-state index in [2.05, 4.69) is 20.8 Å². The van der Waals surface area contributed by atoms with Crippen LogP contribution in [0.1, 0.15) is 6.92 Å². The van der Waals surface area contributed by atoms with Gasteiger partial charge < -0.3 is 10.6 Å². The van der Waals surface area contributed by atoms with Gasteiger partial charge in [-0.3, -0.25) is 4.79 Å². The Kier molecular flexibility index (Phi) is 6.54. The fraction of sp³-hybridized carbons (Fsp3) is 0.118. The highest BCUT2D eigenvalue weighted by Gasteiger charge is 2.18. The van der Waals surface area contributed by atoms with Gasteiger partial charge in [-0.25, -0.2) is 4.39 Å². The highest BCUT2D eigenvalue weighted by molar-refractivity contribution is 8.02. The second-order valence-electron chi connectivity index (χ2n) is 5.35. The van der Waals surface area contributed by atoms with E-state index in [0.29, 0.717) is 30.9 Å². The minimum atomic E-state index is -0.439. The Morgan fingerprint density at radius 2 is 1.96 bits per heavy atom. The van der Waals surface area contributed by atoms with Gasteiger partial charge in [0.25, 0.3) is 0 Å². The average Bonchev–Trinajstić information content (AvgIpc) is 3.06. The van der Waals surface area contributed by atoms with E-state index in [4.69, 9.17) is 23.2 Å². The Labute approximate surface area is 173 Å². The van der Waals surface area contributed by atoms with Crippen LogP contribution in [0.25, 0.3) is 0 Å². The molecular formula is C17H13Cl2FN4OS2. The Balaban J connectivity index is 1.61. The molecule has 0 saturated heterocycles. The maximum absolute atomic E-state index is 13.7. The quantitative estimate of drug-likeness (QED) is 0.468. The molecule has 0 aliphatic carbocycles. The van der Waals surface area contributed by atoms with E-state index in [1.165, 1.54) is 29.2 Å². The fourth-order valence-corrected chi connectivity index (χ4v) is 4.38. The number of hydrogen-bond acceptors (Lipinski definition) is 6. The maximum Gasteiger partial charge on any atom is 0.237 e. The summed E-state index contributed by atoms with van der Waals surface area (Å²) in [6.07, 6.45) is 0. The summed E-state index contributed by atoms with van der Waals surface area (Å²) >= 11 is 14.4. The van der Waals surface area contributed by atoms with Crippen LogP contribution in [0.5, 0.6) is 0 Å². The number of carbonyl (C=O) groups is 1. The molecule has 1 unspecified atom stereocenters. The molecule has 10 heteroatoms. The first-order chi connectivity index (χ1) is 12.9. The van der Waals surface area contributed by atoms with Crippen molar-refractivity contribution >= 4 is 68.7 Å². The number of thioether (sulfide) groups is 1. The largest absolute Gasteiger partial charge is 0.328 e. The number of anilines is 3. The van der Waals surface area contributed by atoms with Gasteiger partial charge in [-0.1, -0.05) is 58.4 Å². The van der Waals surface area contributed by atoms with Gasteiger partial charge in [0.1, 0.15) is 5.82 Å². The molecule has 0 bridgehead atoms. The number of rotatable bonds is 6. The van der Waals surface area contributed by atoms with E-state index in [9.17, 15) is 9.18 Å². The van der Waals surface area contributed by atoms with E-state index < -0.39 is 5.25 Å². The number of benzene rings is 2. The molecule has 0 aliphatic rings. The predicted octanol–water partition coefficient (Wildman–Crippen LogP) is 5.85. The molecule has 140 valence electrons. The molecule has 3 aromatic rings. The zero-order valence-corrected chi connectivity index (χ0v) is 17.0. The maximum atomic E-state index is 13.7. The van der Waals surface area contributed by atoms with Crippen molar-refractivity contribution in [3.63, 3.8) is 0 Å². The Bertz CT molecular complexity index is 970. The van der Waals surface area contributed by atoms with Crippen LogP contribution in [0.2, 0.25) is 10.0 Å². The normalized spacial score (nSPS) is 11.9. The van der Waals surface area contributed by atoms with E-state index in [-0.39, 0.29) is 11.7 Å². The summed E-state index contributed by atoms with van der Waals surface area (Å²) in [5, 5.41) is 14.5. The summed E-state index contributed by atoms with van der Waals surface area (Å²) in [4.78, 5) is 12.4. The summed E-state index contributed by atoms with van der Waals surface area (Å²) in [5.74, 6) is -0.613. The molecular weight excluding hydrogens is 430 g/mol. The van der Waals surface area contributed by atoms with Gasteiger partial charge in [0, 0.05) is 5.02 Å². The van der Waals surface area contributed by atoms with Crippen LogP contribution in [0.4, 0.5) is 20.9 Å². The van der Waals surface area contributed by atoms with Crippen molar-refractivity contribution in [2.45, 2.75) is 16.5 Å². The second-order valence-corrected chi connectivity index (χ2v) is 8.76. The van der Waals surface area contributed by atoms with Gasteiger partial charge in [-0.05, 0) is 37.3 Å². The Morgan fingerprint density at radius 1 is 1.19 bits per heavy atom.